The SMILES string of the molecule is C[C@@H]1C[C@H]2OCO[C@H]2[C@H](O[C@H]2CC[C@]3(C=O)[C@H]4CC[C@]56CO[C@]7(COC(=O)C7)[C@H]5CC[C@]6(O)[C@@H]4CC[C@]3(O)C2)O1. The molecule has 8 rings (SSSR count). The molecule has 0 bridgehead atoms. The van der Waals surface area contributed by atoms with Crippen molar-refractivity contribution < 1.29 is 48.2 Å². The molecular formula is C30H42O10. The second-order valence-electron chi connectivity index (χ2n) is 14.3. The molecular weight excluding hydrogens is 520 g/mol. The van der Waals surface area contributed by atoms with Gasteiger partial charge in [0.1, 0.15) is 31.4 Å². The Bertz CT molecular complexity index is 1080. The van der Waals surface area contributed by atoms with Crippen LogP contribution in [0.1, 0.15) is 77.6 Å². The minimum absolute atomic E-state index is 0.0118. The Kier molecular flexibility index (Phi) is 5.77. The molecule has 13 atom stereocenters. The van der Waals surface area contributed by atoms with Crippen LogP contribution in [0.2, 0.25) is 0 Å². The summed E-state index contributed by atoms with van der Waals surface area (Å²) in [7, 11) is 0. The van der Waals surface area contributed by atoms with E-state index in [1.165, 1.54) is 0 Å². The molecule has 2 N–H and O–H groups in total. The summed E-state index contributed by atoms with van der Waals surface area (Å²) in [6, 6.07) is 0. The zero-order chi connectivity index (χ0) is 27.5. The Hall–Kier alpha value is -1.14. The van der Waals surface area contributed by atoms with Crippen LogP contribution in [0.5, 0.6) is 0 Å². The summed E-state index contributed by atoms with van der Waals surface area (Å²) in [5.41, 5.74) is -4.18. The molecule has 0 aromatic rings. The molecule has 4 aliphatic carbocycles. The van der Waals surface area contributed by atoms with Gasteiger partial charge in [-0.1, -0.05) is 0 Å². The molecule has 222 valence electrons. The average molecular weight is 563 g/mol. The molecule has 8 aliphatic rings. The number of carbonyl (C=O) groups is 2. The Balaban J connectivity index is 1.04. The predicted molar refractivity (Wildman–Crippen MR) is 136 cm³/mol. The third-order valence-corrected chi connectivity index (χ3v) is 13.0. The maximum Gasteiger partial charge on any atom is 0.308 e. The van der Waals surface area contributed by atoms with E-state index in [9.17, 15) is 19.8 Å². The zero-order valence-corrected chi connectivity index (χ0v) is 23.3. The topological polar surface area (TPSA) is 130 Å². The van der Waals surface area contributed by atoms with Gasteiger partial charge in [0.05, 0.1) is 48.0 Å². The fourth-order valence-electron chi connectivity index (χ4n) is 11.2. The number of hydrogen-bond acceptors (Lipinski definition) is 10. The van der Waals surface area contributed by atoms with E-state index in [1.54, 1.807) is 0 Å². The van der Waals surface area contributed by atoms with Crippen molar-refractivity contribution in [3.8, 4) is 0 Å². The van der Waals surface area contributed by atoms with Crippen LogP contribution in [0.4, 0.5) is 0 Å². The van der Waals surface area contributed by atoms with Gasteiger partial charge >= 0.3 is 5.97 Å². The van der Waals surface area contributed by atoms with Gasteiger partial charge in [0.15, 0.2) is 6.29 Å². The van der Waals surface area contributed by atoms with Crippen molar-refractivity contribution in [2.45, 2.75) is 125 Å². The third kappa shape index (κ3) is 3.24. The van der Waals surface area contributed by atoms with Crippen molar-refractivity contribution in [3.63, 3.8) is 0 Å². The molecule has 0 aromatic carbocycles. The molecule has 4 heterocycles. The van der Waals surface area contributed by atoms with Gasteiger partial charge in [0.2, 0.25) is 0 Å². The molecule has 4 aliphatic heterocycles. The minimum atomic E-state index is -1.20. The summed E-state index contributed by atoms with van der Waals surface area (Å²) in [6.45, 7) is 2.93. The quantitative estimate of drug-likeness (QED) is 0.299. The van der Waals surface area contributed by atoms with Gasteiger partial charge in [-0.25, -0.2) is 0 Å². The van der Waals surface area contributed by atoms with E-state index >= 15 is 0 Å². The highest BCUT2D eigenvalue weighted by Gasteiger charge is 2.77. The summed E-state index contributed by atoms with van der Waals surface area (Å²) in [5.74, 6) is -0.367. The Morgan fingerprint density at radius 3 is 2.65 bits per heavy atom. The van der Waals surface area contributed by atoms with Crippen LogP contribution < -0.4 is 0 Å². The fourth-order valence-corrected chi connectivity index (χ4v) is 11.2. The summed E-state index contributed by atoms with van der Waals surface area (Å²) in [6.07, 6.45) is 6.38. The number of aliphatic hydroxyl groups is 2. The van der Waals surface area contributed by atoms with E-state index in [2.05, 4.69) is 0 Å². The number of ether oxygens (including phenoxy) is 6. The fraction of sp³-hybridized carbons (Fsp3) is 0.933. The number of aldehydes is 1. The standard InChI is InChI=1S/C30H42O10/c1-17-10-21-24(37-16-36-21)25(39-17)40-18-2-6-26(13-31)19-3-7-27-14-38-28(12-23(32)35-15-28)22(27)5-9-30(27,34)20(19)4-8-29(26,33)11-18/h13,17-22,24-25,33-34H,2-12,14-16H2,1H3/t17-,18+,19+,20-,21-,22+,24-,25+,26+,27+,28-,29+,30+/m1/s1. The van der Waals surface area contributed by atoms with Crippen molar-refractivity contribution in [2.24, 2.45) is 28.6 Å². The van der Waals surface area contributed by atoms with Gasteiger partial charge in [-0.05, 0) is 70.1 Å². The Morgan fingerprint density at radius 2 is 1.85 bits per heavy atom. The second kappa shape index (κ2) is 8.71. The first-order chi connectivity index (χ1) is 19.2. The molecule has 4 saturated heterocycles. The van der Waals surface area contributed by atoms with Gasteiger partial charge in [0, 0.05) is 24.2 Å². The molecule has 0 amide bonds. The van der Waals surface area contributed by atoms with Crippen LogP contribution in [0.25, 0.3) is 0 Å². The maximum atomic E-state index is 13.1. The number of cyclic esters (lactones) is 1. The Morgan fingerprint density at radius 1 is 1.00 bits per heavy atom. The lowest BCUT2D eigenvalue weighted by Gasteiger charge is -2.65. The first-order valence-electron chi connectivity index (χ1n) is 15.4. The van der Waals surface area contributed by atoms with E-state index < -0.39 is 33.9 Å². The first kappa shape index (κ1) is 26.5. The van der Waals surface area contributed by atoms with E-state index in [0.717, 1.165) is 32.0 Å². The number of esters is 1. The average Bonchev–Trinajstić information content (AvgIpc) is 3.68. The number of rotatable bonds is 3. The van der Waals surface area contributed by atoms with Gasteiger partial charge in [-0.3, -0.25) is 4.79 Å². The van der Waals surface area contributed by atoms with Crippen molar-refractivity contribution in [1.82, 2.24) is 0 Å². The third-order valence-electron chi connectivity index (χ3n) is 13.0. The number of hydrogen-bond donors (Lipinski definition) is 2. The second-order valence-corrected chi connectivity index (χ2v) is 14.3. The molecule has 2 spiro atoms. The van der Waals surface area contributed by atoms with Crippen LogP contribution in [-0.2, 0) is 38.0 Å². The van der Waals surface area contributed by atoms with Crippen molar-refractivity contribution in [2.75, 3.05) is 20.0 Å². The molecule has 8 fully saturated rings. The van der Waals surface area contributed by atoms with Crippen LogP contribution in [0, 0.1) is 28.6 Å². The lowest BCUT2D eigenvalue weighted by Crippen LogP contribution is -2.69. The Labute approximate surface area is 234 Å². The summed E-state index contributed by atoms with van der Waals surface area (Å²) in [5, 5.41) is 24.8. The molecule has 10 nitrogen and oxygen atoms in total. The highest BCUT2D eigenvalue weighted by atomic mass is 16.8. The van der Waals surface area contributed by atoms with Crippen LogP contribution in [0.3, 0.4) is 0 Å². The van der Waals surface area contributed by atoms with Crippen LogP contribution >= 0.6 is 0 Å². The highest BCUT2D eigenvalue weighted by Crippen LogP contribution is 2.73. The normalized spacial score (nSPS) is 58.5. The molecule has 0 unspecified atom stereocenters. The molecule has 40 heavy (non-hydrogen) atoms. The minimum Gasteiger partial charge on any atom is -0.462 e. The van der Waals surface area contributed by atoms with Crippen LogP contribution in [-0.4, -0.2) is 90.0 Å². The van der Waals surface area contributed by atoms with Gasteiger partial charge < -0.3 is 43.4 Å². The monoisotopic (exact) mass is 562 g/mol. The summed E-state index contributed by atoms with van der Waals surface area (Å²) >= 11 is 0. The van der Waals surface area contributed by atoms with Gasteiger partial charge in [-0.15, -0.1) is 0 Å². The van der Waals surface area contributed by atoms with Crippen molar-refractivity contribution in [3.05, 3.63) is 0 Å². The summed E-state index contributed by atoms with van der Waals surface area (Å²) in [4.78, 5) is 25.2. The van der Waals surface area contributed by atoms with E-state index in [4.69, 9.17) is 28.4 Å². The van der Waals surface area contributed by atoms with E-state index in [1.807, 2.05) is 6.92 Å². The molecule has 0 radical (unpaired) electrons. The first-order valence-corrected chi connectivity index (χ1v) is 15.4. The number of carbonyl (C=O) groups excluding carboxylic acids is 2. The van der Waals surface area contributed by atoms with E-state index in [-0.39, 0.29) is 68.0 Å². The maximum absolute atomic E-state index is 13.1. The molecule has 4 saturated carbocycles. The number of fused-ring (bicyclic) bond motifs is 6. The zero-order valence-electron chi connectivity index (χ0n) is 23.3. The highest BCUT2D eigenvalue weighted by molar-refractivity contribution is 5.73. The van der Waals surface area contributed by atoms with Gasteiger partial charge in [0.25, 0.3) is 0 Å². The lowest BCUT2D eigenvalue weighted by molar-refractivity contribution is -0.288. The lowest BCUT2D eigenvalue weighted by atomic mass is 9.41. The molecule has 0 aromatic heterocycles. The van der Waals surface area contributed by atoms with E-state index in [0.29, 0.717) is 45.1 Å². The van der Waals surface area contributed by atoms with Crippen LogP contribution in [0.15, 0.2) is 0 Å². The predicted octanol–water partition coefficient (Wildman–Crippen LogP) is 2.01. The van der Waals surface area contributed by atoms with Crippen molar-refractivity contribution in [1.29, 1.82) is 0 Å². The molecule has 10 heteroatoms. The van der Waals surface area contributed by atoms with Gasteiger partial charge in [-0.2, -0.15) is 0 Å². The smallest absolute Gasteiger partial charge is 0.308 e. The van der Waals surface area contributed by atoms with Crippen molar-refractivity contribution >= 4 is 12.3 Å². The largest absolute Gasteiger partial charge is 0.462 e. The summed E-state index contributed by atoms with van der Waals surface area (Å²) < 4.78 is 35.8.